The molecule has 0 saturated heterocycles. The first-order valence-electron chi connectivity index (χ1n) is 12.1. The SMILES string of the molecule is CCCCC(C(=O)NC(CC(=O)O)c1ccc2c(c1)OCO2)n1cccc(C(=O)c2ccccc2)c1=O. The van der Waals surface area contributed by atoms with E-state index in [4.69, 9.17) is 9.47 Å². The first-order chi connectivity index (χ1) is 17.9. The van der Waals surface area contributed by atoms with Crippen LogP contribution in [0.3, 0.4) is 0 Å². The Morgan fingerprint density at radius 1 is 1.03 bits per heavy atom. The van der Waals surface area contributed by atoms with Crippen molar-refractivity contribution in [2.45, 2.75) is 44.7 Å². The minimum atomic E-state index is -1.10. The maximum absolute atomic E-state index is 13.5. The first kappa shape index (κ1) is 25.7. The third-order valence-corrected chi connectivity index (χ3v) is 6.22. The molecule has 2 N–H and O–H groups in total. The van der Waals surface area contributed by atoms with E-state index in [0.717, 1.165) is 6.42 Å². The number of unbranched alkanes of at least 4 members (excludes halogenated alkanes) is 1. The Morgan fingerprint density at radius 3 is 2.51 bits per heavy atom. The molecule has 0 bridgehead atoms. The average Bonchev–Trinajstić information content (AvgIpc) is 3.37. The van der Waals surface area contributed by atoms with Gasteiger partial charge in [-0.05, 0) is 36.2 Å². The number of carboxylic acids is 1. The van der Waals surface area contributed by atoms with E-state index in [2.05, 4.69) is 5.32 Å². The molecule has 192 valence electrons. The molecule has 2 aromatic carbocycles. The van der Waals surface area contributed by atoms with Crippen LogP contribution in [0, 0.1) is 0 Å². The van der Waals surface area contributed by atoms with Crippen LogP contribution in [0.4, 0.5) is 0 Å². The van der Waals surface area contributed by atoms with Crippen molar-refractivity contribution in [3.63, 3.8) is 0 Å². The second-order valence-corrected chi connectivity index (χ2v) is 8.76. The van der Waals surface area contributed by atoms with E-state index in [1.807, 2.05) is 6.92 Å². The van der Waals surface area contributed by atoms with Crippen LogP contribution in [0.5, 0.6) is 11.5 Å². The van der Waals surface area contributed by atoms with Crippen molar-refractivity contribution < 1.29 is 29.0 Å². The van der Waals surface area contributed by atoms with Gasteiger partial charge in [0.2, 0.25) is 12.7 Å². The van der Waals surface area contributed by atoms with Gasteiger partial charge in [0.25, 0.3) is 5.56 Å². The summed E-state index contributed by atoms with van der Waals surface area (Å²) in [5.74, 6) is -1.03. The lowest BCUT2D eigenvalue weighted by Gasteiger charge is -2.24. The molecule has 2 heterocycles. The lowest BCUT2D eigenvalue weighted by Crippen LogP contribution is -2.40. The van der Waals surface area contributed by atoms with Gasteiger partial charge in [-0.1, -0.05) is 56.2 Å². The van der Waals surface area contributed by atoms with Crippen LogP contribution in [-0.4, -0.2) is 34.1 Å². The summed E-state index contributed by atoms with van der Waals surface area (Å²) < 4.78 is 12.0. The third-order valence-electron chi connectivity index (χ3n) is 6.22. The summed E-state index contributed by atoms with van der Waals surface area (Å²) >= 11 is 0. The molecule has 1 aliphatic rings. The van der Waals surface area contributed by atoms with Gasteiger partial charge < -0.3 is 24.5 Å². The highest BCUT2D eigenvalue weighted by Crippen LogP contribution is 2.35. The van der Waals surface area contributed by atoms with Crippen molar-refractivity contribution in [3.8, 4) is 11.5 Å². The fourth-order valence-electron chi connectivity index (χ4n) is 4.29. The predicted molar refractivity (Wildman–Crippen MR) is 135 cm³/mol. The van der Waals surface area contributed by atoms with Gasteiger partial charge in [-0.2, -0.15) is 0 Å². The summed E-state index contributed by atoms with van der Waals surface area (Å²) in [6.07, 6.45) is 2.88. The third kappa shape index (κ3) is 5.88. The van der Waals surface area contributed by atoms with Crippen LogP contribution in [0.15, 0.2) is 71.7 Å². The number of nitrogens with one attached hydrogen (secondary N) is 1. The number of rotatable bonds is 11. The zero-order valence-corrected chi connectivity index (χ0v) is 20.4. The summed E-state index contributed by atoms with van der Waals surface area (Å²) in [7, 11) is 0. The van der Waals surface area contributed by atoms with Crippen LogP contribution in [-0.2, 0) is 9.59 Å². The maximum atomic E-state index is 13.5. The Bertz CT molecular complexity index is 1350. The number of amides is 1. The van der Waals surface area contributed by atoms with E-state index in [-0.39, 0.29) is 18.8 Å². The number of hydrogen-bond acceptors (Lipinski definition) is 6. The maximum Gasteiger partial charge on any atom is 0.305 e. The fraction of sp³-hybridized carbons (Fsp3) is 0.286. The molecule has 0 saturated carbocycles. The Morgan fingerprint density at radius 2 is 1.78 bits per heavy atom. The van der Waals surface area contributed by atoms with Crippen molar-refractivity contribution in [2.24, 2.45) is 0 Å². The molecule has 1 aliphatic heterocycles. The van der Waals surface area contributed by atoms with Crippen LogP contribution in [0.1, 0.15) is 66.2 Å². The van der Waals surface area contributed by atoms with E-state index < -0.39 is 35.3 Å². The van der Waals surface area contributed by atoms with Crippen LogP contribution in [0.25, 0.3) is 0 Å². The molecule has 1 aromatic heterocycles. The highest BCUT2D eigenvalue weighted by molar-refractivity contribution is 6.08. The lowest BCUT2D eigenvalue weighted by molar-refractivity contribution is -0.138. The molecule has 0 aliphatic carbocycles. The van der Waals surface area contributed by atoms with E-state index in [1.165, 1.54) is 16.8 Å². The molecule has 3 aromatic rings. The Labute approximate surface area is 213 Å². The largest absolute Gasteiger partial charge is 0.481 e. The average molecular weight is 505 g/mol. The monoisotopic (exact) mass is 504 g/mol. The number of benzene rings is 2. The first-order valence-corrected chi connectivity index (χ1v) is 12.1. The van der Waals surface area contributed by atoms with Crippen LogP contribution < -0.4 is 20.3 Å². The zero-order valence-electron chi connectivity index (χ0n) is 20.4. The van der Waals surface area contributed by atoms with Gasteiger partial charge in [-0.3, -0.25) is 19.2 Å². The zero-order chi connectivity index (χ0) is 26.4. The standard InChI is InChI=1S/C28H28N2O7/c1-2-3-11-22(30-14-7-10-20(28(30)35)26(33)18-8-5-4-6-9-18)27(34)29-21(16-25(31)32)19-12-13-23-24(15-19)37-17-36-23/h4-10,12-15,21-22H,2-3,11,16-17H2,1H3,(H,29,34)(H,31,32). The number of pyridine rings is 1. The highest BCUT2D eigenvalue weighted by Gasteiger charge is 2.28. The number of carbonyl (C=O) groups is 3. The molecule has 0 radical (unpaired) electrons. The van der Waals surface area contributed by atoms with Gasteiger partial charge in [-0.15, -0.1) is 0 Å². The summed E-state index contributed by atoms with van der Waals surface area (Å²) in [5, 5.41) is 12.3. The van der Waals surface area contributed by atoms with Crippen molar-refractivity contribution in [1.82, 2.24) is 9.88 Å². The summed E-state index contributed by atoms with van der Waals surface area (Å²) in [5.41, 5.74) is 0.289. The van der Waals surface area contributed by atoms with Crippen LogP contribution >= 0.6 is 0 Å². The van der Waals surface area contributed by atoms with Gasteiger partial charge in [0.05, 0.1) is 18.0 Å². The van der Waals surface area contributed by atoms with Gasteiger partial charge in [0.1, 0.15) is 6.04 Å². The van der Waals surface area contributed by atoms with E-state index in [0.29, 0.717) is 35.5 Å². The number of aliphatic carboxylic acids is 1. The van der Waals surface area contributed by atoms with E-state index in [9.17, 15) is 24.3 Å². The van der Waals surface area contributed by atoms with Crippen LogP contribution in [0.2, 0.25) is 0 Å². The molecule has 0 fully saturated rings. The molecule has 37 heavy (non-hydrogen) atoms. The fourth-order valence-corrected chi connectivity index (χ4v) is 4.29. The summed E-state index contributed by atoms with van der Waals surface area (Å²) in [6, 6.07) is 14.7. The molecule has 2 unspecified atom stereocenters. The van der Waals surface area contributed by atoms with Crippen molar-refractivity contribution in [2.75, 3.05) is 6.79 Å². The van der Waals surface area contributed by atoms with Crippen molar-refractivity contribution >= 4 is 17.7 Å². The topological polar surface area (TPSA) is 124 Å². The van der Waals surface area contributed by atoms with E-state index >= 15 is 0 Å². The summed E-state index contributed by atoms with van der Waals surface area (Å²) in [4.78, 5) is 51.6. The molecule has 1 amide bonds. The number of ether oxygens (including phenoxy) is 2. The minimum Gasteiger partial charge on any atom is -0.481 e. The molecule has 4 rings (SSSR count). The highest BCUT2D eigenvalue weighted by atomic mass is 16.7. The smallest absolute Gasteiger partial charge is 0.305 e. The van der Waals surface area contributed by atoms with E-state index in [1.54, 1.807) is 54.6 Å². The van der Waals surface area contributed by atoms with Gasteiger partial charge in [0.15, 0.2) is 17.3 Å². The minimum absolute atomic E-state index is 0.0409. The molecular formula is C28H28N2O7. The van der Waals surface area contributed by atoms with Gasteiger partial charge in [0, 0.05) is 11.8 Å². The number of nitrogens with zero attached hydrogens (tertiary/aromatic N) is 1. The predicted octanol–water partition coefficient (Wildman–Crippen LogP) is 3.87. The molecule has 2 atom stereocenters. The quantitative estimate of drug-likeness (QED) is 0.380. The molecule has 0 spiro atoms. The number of carbonyl (C=O) groups excluding carboxylic acids is 2. The Kier molecular flexibility index (Phi) is 8.02. The number of hydrogen-bond donors (Lipinski definition) is 2. The Hall–Kier alpha value is -4.40. The second-order valence-electron chi connectivity index (χ2n) is 8.76. The van der Waals surface area contributed by atoms with Crippen molar-refractivity contribution in [3.05, 3.63) is 93.9 Å². The molecule has 9 heteroatoms. The molecular weight excluding hydrogens is 476 g/mol. The van der Waals surface area contributed by atoms with Gasteiger partial charge >= 0.3 is 5.97 Å². The molecule has 9 nitrogen and oxygen atoms in total. The second kappa shape index (κ2) is 11.6. The number of aromatic nitrogens is 1. The normalized spacial score (nSPS) is 13.5. The van der Waals surface area contributed by atoms with Crippen molar-refractivity contribution in [1.29, 1.82) is 0 Å². The number of carboxylic acid groups (broad SMARTS) is 1. The Balaban J connectivity index is 1.65. The number of ketones is 1. The summed E-state index contributed by atoms with van der Waals surface area (Å²) in [6.45, 7) is 2.03. The van der Waals surface area contributed by atoms with Gasteiger partial charge in [-0.25, -0.2) is 0 Å². The lowest BCUT2D eigenvalue weighted by atomic mass is 10.0. The number of fused-ring (bicyclic) bond motifs is 1.